The topological polar surface area (TPSA) is 80.1 Å². The Bertz CT molecular complexity index is 996. The van der Waals surface area contributed by atoms with Crippen molar-refractivity contribution in [2.45, 2.75) is 6.42 Å². The number of hydrogen-bond donors (Lipinski definition) is 4. The maximum Gasteiger partial charge on any atom is 0.108 e. The number of nitrogens with one attached hydrogen (secondary N) is 3. The summed E-state index contributed by atoms with van der Waals surface area (Å²) in [6.07, 6.45) is 0.985. The fraction of sp³-hybridized carbons (Fsp3) is 0.174. The van der Waals surface area contributed by atoms with Crippen molar-refractivity contribution in [2.24, 2.45) is 0 Å². The van der Waals surface area contributed by atoms with Crippen molar-refractivity contribution in [1.29, 1.82) is 5.26 Å². The van der Waals surface area contributed by atoms with E-state index in [2.05, 4.69) is 27.5 Å². The van der Waals surface area contributed by atoms with Gasteiger partial charge in [-0.1, -0.05) is 46.9 Å². The smallest absolute Gasteiger partial charge is 0.108 e. The molecule has 4 N–H and O–H groups in total. The van der Waals surface area contributed by atoms with E-state index in [-0.39, 0.29) is 0 Å². The van der Waals surface area contributed by atoms with Gasteiger partial charge in [0, 0.05) is 28.8 Å². The van der Waals surface area contributed by atoms with Gasteiger partial charge in [-0.15, -0.1) is 0 Å². The van der Waals surface area contributed by atoms with E-state index in [1.165, 1.54) is 5.56 Å². The van der Waals surface area contributed by atoms with Gasteiger partial charge < -0.3 is 19.9 Å². The van der Waals surface area contributed by atoms with E-state index in [9.17, 15) is 0 Å². The molecule has 0 bridgehead atoms. The van der Waals surface area contributed by atoms with Gasteiger partial charge in [0.15, 0.2) is 0 Å². The SMILES string of the molecule is Clc1ccc(CCNCCNc2ccc(Cl)cc2Cl)cc1.N#Cc1ccc(NSO)cc1. The lowest BCUT2D eigenvalue weighted by Crippen LogP contribution is -2.24. The van der Waals surface area contributed by atoms with E-state index in [1.54, 1.807) is 30.3 Å². The predicted molar refractivity (Wildman–Crippen MR) is 138 cm³/mol. The first-order chi connectivity index (χ1) is 15.5. The predicted octanol–water partition coefficient (Wildman–Crippen LogP) is 6.98. The molecule has 0 fully saturated rings. The van der Waals surface area contributed by atoms with Crippen LogP contribution in [0.25, 0.3) is 0 Å². The highest BCUT2D eigenvalue weighted by Gasteiger charge is 2.00. The summed E-state index contributed by atoms with van der Waals surface area (Å²) >= 11 is 18.3. The van der Waals surface area contributed by atoms with Crippen molar-refractivity contribution in [3.63, 3.8) is 0 Å². The van der Waals surface area contributed by atoms with Gasteiger partial charge in [0.05, 0.1) is 22.3 Å². The molecular formula is C23H23Cl3N4OS. The molecule has 0 heterocycles. The van der Waals surface area contributed by atoms with Gasteiger partial charge in [0.25, 0.3) is 0 Å². The summed E-state index contributed by atoms with van der Waals surface area (Å²) in [4.78, 5) is 0. The molecule has 0 spiro atoms. The largest absolute Gasteiger partial charge is 0.383 e. The summed E-state index contributed by atoms with van der Waals surface area (Å²) < 4.78 is 11.0. The molecule has 0 saturated heterocycles. The lowest BCUT2D eigenvalue weighted by molar-refractivity contribution is 0.668. The van der Waals surface area contributed by atoms with Crippen LogP contribution in [0.15, 0.2) is 66.7 Å². The molecule has 0 radical (unpaired) electrons. The van der Waals surface area contributed by atoms with Crippen LogP contribution in [0.2, 0.25) is 15.1 Å². The van der Waals surface area contributed by atoms with E-state index in [1.807, 2.05) is 30.3 Å². The summed E-state index contributed by atoms with van der Waals surface area (Å²) in [5.74, 6) is 0. The number of benzene rings is 3. The van der Waals surface area contributed by atoms with Crippen molar-refractivity contribution < 1.29 is 4.55 Å². The van der Waals surface area contributed by atoms with Gasteiger partial charge in [0.2, 0.25) is 0 Å². The second-order valence-corrected chi connectivity index (χ2v) is 8.23. The van der Waals surface area contributed by atoms with Gasteiger partial charge >= 0.3 is 0 Å². The molecule has 0 aliphatic heterocycles. The molecule has 0 unspecified atom stereocenters. The molecule has 0 saturated carbocycles. The highest BCUT2D eigenvalue weighted by atomic mass is 35.5. The van der Waals surface area contributed by atoms with Gasteiger partial charge in [0.1, 0.15) is 12.2 Å². The van der Waals surface area contributed by atoms with Gasteiger partial charge in [-0.2, -0.15) is 5.26 Å². The molecule has 3 aromatic rings. The minimum atomic E-state index is 0.535. The zero-order valence-electron chi connectivity index (χ0n) is 17.1. The van der Waals surface area contributed by atoms with Crippen molar-refractivity contribution in [2.75, 3.05) is 29.7 Å². The molecule has 168 valence electrons. The third kappa shape index (κ3) is 10.0. The molecule has 0 aliphatic rings. The van der Waals surface area contributed by atoms with Crippen LogP contribution in [0.1, 0.15) is 11.1 Å². The monoisotopic (exact) mass is 508 g/mol. The average Bonchev–Trinajstić information content (AvgIpc) is 2.80. The summed E-state index contributed by atoms with van der Waals surface area (Å²) in [5, 5.41) is 17.2. The number of rotatable bonds is 9. The van der Waals surface area contributed by atoms with Crippen molar-refractivity contribution in [1.82, 2.24) is 5.32 Å². The first kappa shape index (κ1) is 26.1. The molecule has 0 aliphatic carbocycles. The fourth-order valence-electron chi connectivity index (χ4n) is 2.59. The maximum atomic E-state index is 8.43. The molecule has 9 heteroatoms. The van der Waals surface area contributed by atoms with Crippen LogP contribution in [0, 0.1) is 11.3 Å². The highest BCUT2D eigenvalue weighted by molar-refractivity contribution is 7.95. The third-order valence-corrected chi connectivity index (χ3v) is 5.36. The van der Waals surface area contributed by atoms with Gasteiger partial charge in [-0.3, -0.25) is 0 Å². The molecule has 0 amide bonds. The summed E-state index contributed by atoms with van der Waals surface area (Å²) in [6.45, 7) is 2.60. The normalized spacial score (nSPS) is 9.97. The number of anilines is 2. The van der Waals surface area contributed by atoms with Crippen molar-refractivity contribution in [3.8, 4) is 6.07 Å². The number of nitrogens with zero attached hydrogens (tertiary/aromatic N) is 1. The fourth-order valence-corrected chi connectivity index (χ4v) is 3.44. The van der Waals surface area contributed by atoms with Crippen LogP contribution in [0.5, 0.6) is 0 Å². The van der Waals surface area contributed by atoms with Crippen molar-refractivity contribution >= 4 is 58.4 Å². The van der Waals surface area contributed by atoms with Gasteiger partial charge in [-0.25, -0.2) is 0 Å². The van der Waals surface area contributed by atoms with E-state index >= 15 is 0 Å². The van der Waals surface area contributed by atoms with Crippen LogP contribution in [0.3, 0.4) is 0 Å². The van der Waals surface area contributed by atoms with Crippen LogP contribution >= 0.6 is 47.0 Å². The minimum absolute atomic E-state index is 0.535. The zero-order chi connectivity index (χ0) is 23.2. The average molecular weight is 510 g/mol. The highest BCUT2D eigenvalue weighted by Crippen LogP contribution is 2.24. The van der Waals surface area contributed by atoms with Crippen LogP contribution in [-0.4, -0.2) is 24.2 Å². The first-order valence-corrected chi connectivity index (χ1v) is 11.6. The molecule has 3 rings (SSSR count). The Kier molecular flexibility index (Phi) is 12.1. The van der Waals surface area contributed by atoms with Gasteiger partial charge in [-0.05, 0) is 73.1 Å². The van der Waals surface area contributed by atoms with Crippen LogP contribution in [-0.2, 0) is 6.42 Å². The Hall–Kier alpha value is -2.11. The van der Waals surface area contributed by atoms with E-state index in [0.29, 0.717) is 27.8 Å². The number of hydrogen-bond acceptors (Lipinski definition) is 6. The van der Waals surface area contributed by atoms with Crippen LogP contribution in [0.4, 0.5) is 11.4 Å². The zero-order valence-corrected chi connectivity index (χ0v) is 20.2. The molecule has 32 heavy (non-hydrogen) atoms. The maximum absolute atomic E-state index is 8.43. The number of nitriles is 1. The second kappa shape index (κ2) is 14.9. The third-order valence-electron chi connectivity index (χ3n) is 4.23. The Balaban J connectivity index is 0.000000278. The standard InChI is InChI=1S/C16H17Cl3N2.C7H6N2OS/c17-13-3-1-12(2-4-13)7-8-20-9-10-21-16-6-5-14(18)11-15(16)19;8-5-6-1-3-7(4-2-6)9-11-10/h1-6,11,20-21H,7-10H2;1-4,9-10H. The quantitative estimate of drug-likeness (QED) is 0.141. The molecule has 3 aromatic carbocycles. The molecule has 5 nitrogen and oxygen atoms in total. The van der Waals surface area contributed by atoms with E-state index in [0.717, 1.165) is 42.5 Å². The Morgan fingerprint density at radius 3 is 2.16 bits per heavy atom. The Morgan fingerprint density at radius 1 is 0.844 bits per heavy atom. The lowest BCUT2D eigenvalue weighted by Gasteiger charge is -2.09. The minimum Gasteiger partial charge on any atom is -0.383 e. The summed E-state index contributed by atoms with van der Waals surface area (Å²) in [5.41, 5.74) is 3.57. The molecule has 0 aromatic heterocycles. The van der Waals surface area contributed by atoms with Crippen molar-refractivity contribution in [3.05, 3.63) is 92.9 Å². The Labute approximate surface area is 208 Å². The second-order valence-electron chi connectivity index (χ2n) is 6.56. The summed E-state index contributed by atoms with van der Waals surface area (Å²) in [6, 6.07) is 22.2. The number of halogens is 3. The lowest BCUT2D eigenvalue weighted by atomic mass is 10.1. The summed E-state index contributed by atoms with van der Waals surface area (Å²) in [7, 11) is 0. The first-order valence-electron chi connectivity index (χ1n) is 9.72. The molecular weight excluding hydrogens is 487 g/mol. The van der Waals surface area contributed by atoms with E-state index in [4.69, 9.17) is 44.6 Å². The Morgan fingerprint density at radius 2 is 1.53 bits per heavy atom. The van der Waals surface area contributed by atoms with Crippen LogP contribution < -0.4 is 15.4 Å². The van der Waals surface area contributed by atoms with E-state index < -0.39 is 0 Å². The molecule has 0 atom stereocenters.